The Morgan fingerprint density at radius 3 is 2.09 bits per heavy atom. The van der Waals surface area contributed by atoms with Gasteiger partial charge in [0.2, 0.25) is 0 Å². The van der Waals surface area contributed by atoms with Crippen LogP contribution >= 0.6 is 23.5 Å². The Balaban J connectivity index is 1.40. The van der Waals surface area contributed by atoms with E-state index in [1.807, 2.05) is 0 Å². The van der Waals surface area contributed by atoms with Gasteiger partial charge in [0.1, 0.15) is 30.2 Å². The highest BCUT2D eigenvalue weighted by Gasteiger charge is 2.47. The van der Waals surface area contributed by atoms with Gasteiger partial charge in [-0.05, 0) is 6.42 Å². The predicted octanol–water partition coefficient (Wildman–Crippen LogP) is 3.62. The molecule has 1 fully saturated rings. The van der Waals surface area contributed by atoms with Crippen LogP contribution in [0.25, 0.3) is 11.2 Å². The van der Waals surface area contributed by atoms with E-state index < -0.39 is 60.6 Å². The lowest BCUT2D eigenvalue weighted by molar-refractivity contribution is -0.135. The van der Waals surface area contributed by atoms with Crippen molar-refractivity contribution >= 4 is 46.4 Å². The summed E-state index contributed by atoms with van der Waals surface area (Å²) < 4.78 is 60.1. The maximum atomic E-state index is 12.3. The molecule has 0 aromatic carbocycles. The molecule has 19 nitrogen and oxygen atoms in total. The molecular formula is C24H42N5O14P3. The normalized spacial score (nSPS) is 24.0. The smallest absolute Gasteiger partial charge is 0.387 e. The number of aliphatic hydroxyl groups excluding tert-OH is 2. The fourth-order valence-corrected chi connectivity index (χ4v) is 8.22. The summed E-state index contributed by atoms with van der Waals surface area (Å²) in [5.74, 6) is -1.15. The van der Waals surface area contributed by atoms with E-state index >= 15 is 0 Å². The van der Waals surface area contributed by atoms with Crippen LogP contribution in [0, 0.1) is 0 Å². The maximum absolute atomic E-state index is 12.3. The van der Waals surface area contributed by atoms with Crippen molar-refractivity contribution in [2.24, 2.45) is 0 Å². The average molecular weight is 718 g/mol. The molecule has 0 saturated carbocycles. The molecule has 22 heteroatoms. The number of nitrogens with zero attached hydrogens (tertiary/aromatic N) is 4. The second-order valence-electron chi connectivity index (χ2n) is 10.7. The van der Waals surface area contributed by atoms with Crippen LogP contribution in [0.15, 0.2) is 12.7 Å². The van der Waals surface area contributed by atoms with Crippen molar-refractivity contribution in [3.05, 3.63) is 12.7 Å². The number of aromatic nitrogens is 4. The molecule has 0 amide bonds. The summed E-state index contributed by atoms with van der Waals surface area (Å²) in [5.41, 5.74) is 6.06. The molecular weight excluding hydrogens is 675 g/mol. The maximum Gasteiger partial charge on any atom is 0.538 e. The molecule has 46 heavy (non-hydrogen) atoms. The van der Waals surface area contributed by atoms with Gasteiger partial charge in [0.15, 0.2) is 17.7 Å². The standard InChI is InChI=1S/C24H42N5O14P3/c1-2-3-4-5-6-7-8-9-10-11-12-13-18(30)41-45(35,36)43-46(37,38)42-44(33,34)39-14-17-20(31)21(32)24(40-17)29-16-28-19-22(25)26-15-27-23(19)29/h15-17,20-21,24,31-32H,2-14H2,1H3,(H,33,34)(H,35,36)(H,37,38)(H2,25,26,27)/t17-,20-,21-,24-/m1/s1. The van der Waals surface area contributed by atoms with Gasteiger partial charge in [0.05, 0.1) is 12.9 Å². The number of nitrogen functional groups attached to an aromatic ring is 1. The van der Waals surface area contributed by atoms with E-state index in [0.717, 1.165) is 32.0 Å². The molecule has 7 N–H and O–H groups in total. The molecule has 262 valence electrons. The highest BCUT2D eigenvalue weighted by Crippen LogP contribution is 2.67. The van der Waals surface area contributed by atoms with Gasteiger partial charge in [0, 0.05) is 6.42 Å². The fraction of sp³-hybridized carbons (Fsp3) is 0.750. The predicted molar refractivity (Wildman–Crippen MR) is 160 cm³/mol. The minimum Gasteiger partial charge on any atom is -0.387 e. The van der Waals surface area contributed by atoms with E-state index in [-0.39, 0.29) is 23.4 Å². The summed E-state index contributed by atoms with van der Waals surface area (Å²) in [6.07, 6.45) is 7.12. The summed E-state index contributed by atoms with van der Waals surface area (Å²) in [7, 11) is -16.9. The number of phosphoric acid groups is 3. The number of unbranched alkanes of at least 4 members (excludes halogenated alkanes) is 10. The van der Waals surface area contributed by atoms with Crippen molar-refractivity contribution in [1.29, 1.82) is 0 Å². The summed E-state index contributed by atoms with van der Waals surface area (Å²) in [6, 6.07) is 0. The van der Waals surface area contributed by atoms with Crippen LogP contribution in [0.1, 0.15) is 90.2 Å². The number of hydrogen-bond donors (Lipinski definition) is 6. The highest BCUT2D eigenvalue weighted by atomic mass is 31.3. The second-order valence-corrected chi connectivity index (χ2v) is 15.3. The Morgan fingerprint density at radius 2 is 1.46 bits per heavy atom. The molecule has 1 saturated heterocycles. The van der Waals surface area contributed by atoms with E-state index in [1.54, 1.807) is 0 Å². The van der Waals surface area contributed by atoms with Gasteiger partial charge in [-0.25, -0.2) is 28.6 Å². The monoisotopic (exact) mass is 717 g/mol. The fourth-order valence-electron chi connectivity index (χ4n) is 4.74. The minimum absolute atomic E-state index is 0.0391. The van der Waals surface area contributed by atoms with Gasteiger partial charge in [-0.3, -0.25) is 18.8 Å². The molecule has 0 aliphatic carbocycles. The van der Waals surface area contributed by atoms with Gasteiger partial charge in [-0.15, -0.1) is 0 Å². The SMILES string of the molecule is CCCCCCCCCCCCCC(=O)OP(=O)(O)OP(=O)(O)OP(=O)(O)OC[C@H]1O[C@@H](n2cnc3c(N)ncnc32)[C@H](O)[C@@H]1O. The van der Waals surface area contributed by atoms with Gasteiger partial charge in [-0.2, -0.15) is 8.62 Å². The van der Waals surface area contributed by atoms with Crippen molar-refractivity contribution < 1.29 is 65.8 Å². The van der Waals surface area contributed by atoms with Gasteiger partial charge in [-0.1, -0.05) is 71.1 Å². The van der Waals surface area contributed by atoms with E-state index in [0.29, 0.717) is 12.8 Å². The van der Waals surface area contributed by atoms with Crippen molar-refractivity contribution in [1.82, 2.24) is 19.5 Å². The zero-order valence-corrected chi connectivity index (χ0v) is 28.0. The van der Waals surface area contributed by atoms with Crippen LogP contribution in [-0.4, -0.2) is 75.3 Å². The number of ether oxygens (including phenoxy) is 1. The third-order valence-corrected chi connectivity index (χ3v) is 11.2. The van der Waals surface area contributed by atoms with E-state index in [4.69, 9.17) is 10.5 Å². The number of phosphoric ester groups is 2. The Morgan fingerprint density at radius 1 is 0.870 bits per heavy atom. The molecule has 1 aliphatic heterocycles. The number of fused-ring (bicyclic) bond motifs is 1. The molecule has 3 unspecified atom stereocenters. The van der Waals surface area contributed by atoms with Crippen molar-refractivity contribution in [3.63, 3.8) is 0 Å². The Bertz CT molecular complexity index is 1430. The van der Waals surface area contributed by atoms with Crippen molar-refractivity contribution in [2.45, 2.75) is 109 Å². The number of anilines is 1. The third kappa shape index (κ3) is 12.0. The zero-order valence-electron chi connectivity index (χ0n) is 25.3. The summed E-state index contributed by atoms with van der Waals surface area (Å²) >= 11 is 0. The van der Waals surface area contributed by atoms with Crippen LogP contribution < -0.4 is 5.73 Å². The van der Waals surface area contributed by atoms with E-state index in [1.165, 1.54) is 43.0 Å². The van der Waals surface area contributed by atoms with Crippen LogP contribution in [0.5, 0.6) is 0 Å². The largest absolute Gasteiger partial charge is 0.538 e. The quantitative estimate of drug-likeness (QED) is 0.0794. The first-order valence-corrected chi connectivity index (χ1v) is 19.4. The second kappa shape index (κ2) is 17.5. The highest BCUT2D eigenvalue weighted by molar-refractivity contribution is 7.67. The Labute approximate surface area is 265 Å². The number of rotatable bonds is 21. The number of carbonyl (C=O) groups excluding carboxylic acids is 1. The molecule has 0 bridgehead atoms. The topological polar surface area (TPSA) is 285 Å². The molecule has 1 aliphatic rings. The van der Waals surface area contributed by atoms with E-state index in [2.05, 4.69) is 39.5 Å². The number of nitrogens with two attached hydrogens (primary N) is 1. The molecule has 0 spiro atoms. The van der Waals surface area contributed by atoms with Crippen molar-refractivity contribution in [2.75, 3.05) is 12.3 Å². The molecule has 7 atom stereocenters. The van der Waals surface area contributed by atoms with E-state index in [9.17, 15) is 43.4 Å². The molecule has 3 rings (SSSR count). The van der Waals surface area contributed by atoms with Gasteiger partial charge >= 0.3 is 29.4 Å². The Hall–Kier alpha value is -1.85. The first kappa shape index (κ1) is 38.6. The summed E-state index contributed by atoms with van der Waals surface area (Å²) in [5, 5.41) is 20.8. The Kier molecular flexibility index (Phi) is 14.7. The molecule has 0 radical (unpaired) electrons. The average Bonchev–Trinajstić information content (AvgIpc) is 3.50. The summed E-state index contributed by atoms with van der Waals surface area (Å²) in [4.78, 5) is 53.2. The van der Waals surface area contributed by atoms with Crippen LogP contribution in [0.4, 0.5) is 5.82 Å². The van der Waals surface area contributed by atoms with Crippen LogP contribution in [0.3, 0.4) is 0 Å². The lowest BCUT2D eigenvalue weighted by atomic mass is 10.1. The number of imidazole rings is 1. The van der Waals surface area contributed by atoms with Crippen molar-refractivity contribution in [3.8, 4) is 0 Å². The molecule has 2 aromatic heterocycles. The van der Waals surface area contributed by atoms with Gasteiger partial charge < -0.3 is 35.0 Å². The molecule has 3 heterocycles. The lowest BCUT2D eigenvalue weighted by Gasteiger charge is -2.20. The van der Waals surface area contributed by atoms with Crippen LogP contribution in [0.2, 0.25) is 0 Å². The number of carbonyl (C=O) groups is 1. The summed E-state index contributed by atoms with van der Waals surface area (Å²) in [6.45, 7) is 1.19. The lowest BCUT2D eigenvalue weighted by Crippen LogP contribution is -2.33. The third-order valence-electron chi connectivity index (χ3n) is 7.01. The molecule has 2 aromatic rings. The number of hydrogen-bond acceptors (Lipinski definition) is 15. The van der Waals surface area contributed by atoms with Crippen LogP contribution in [-0.2, 0) is 40.9 Å². The minimum atomic E-state index is -5.84. The first-order valence-electron chi connectivity index (χ1n) is 14.9. The van der Waals surface area contributed by atoms with Gasteiger partial charge in [0.25, 0.3) is 0 Å². The number of aliphatic hydroxyl groups is 2. The zero-order chi connectivity index (χ0) is 34.0. The first-order chi connectivity index (χ1) is 21.6.